The Hall–Kier alpha value is -4.76. The third-order valence-electron chi connectivity index (χ3n) is 7.17. The Bertz CT molecular complexity index is 1770. The lowest BCUT2D eigenvalue weighted by molar-refractivity contribution is 0.0984. The predicted molar refractivity (Wildman–Crippen MR) is 147 cm³/mol. The molecule has 170 valence electrons. The van der Waals surface area contributed by atoms with E-state index < -0.39 is 0 Å². The zero-order valence-corrected chi connectivity index (χ0v) is 19.6. The molecule has 0 spiro atoms. The second-order valence-electron chi connectivity index (χ2n) is 9.24. The smallest absolute Gasteiger partial charge is 0.259 e. The third kappa shape index (κ3) is 3.29. The van der Waals surface area contributed by atoms with Gasteiger partial charge in [0.1, 0.15) is 0 Å². The molecule has 0 fully saturated rings. The molecule has 0 radical (unpaired) electrons. The van der Waals surface area contributed by atoms with Crippen LogP contribution in [0.15, 0.2) is 122 Å². The van der Waals surface area contributed by atoms with Crippen LogP contribution < -0.4 is 4.90 Å². The summed E-state index contributed by atoms with van der Waals surface area (Å²) in [6.45, 7) is 0.560. The van der Waals surface area contributed by atoms with E-state index in [0.29, 0.717) is 6.54 Å². The molecule has 0 saturated heterocycles. The molecule has 0 N–H and O–H groups in total. The van der Waals surface area contributed by atoms with Crippen molar-refractivity contribution in [2.75, 3.05) is 4.90 Å². The number of benzene rings is 5. The number of rotatable bonds is 3. The van der Waals surface area contributed by atoms with Gasteiger partial charge in [-0.25, -0.2) is 0 Å². The van der Waals surface area contributed by atoms with Crippen LogP contribution >= 0.6 is 0 Å². The molecule has 7 rings (SSSR count). The summed E-state index contributed by atoms with van der Waals surface area (Å²) in [6.07, 6.45) is 3.67. The summed E-state index contributed by atoms with van der Waals surface area (Å²) in [5.74, 6) is 0.0486. The highest BCUT2D eigenvalue weighted by molar-refractivity contribution is 6.19. The minimum Gasteiger partial charge on any atom is -0.304 e. The summed E-state index contributed by atoms with van der Waals surface area (Å²) in [4.78, 5) is 19.8. The standard InChI is InChI=1S/C33H22N2O/c36-33-31-9-3-8-30-29(24-12-10-23(11-13-24)26-7-4-18-34-20-26)17-15-27(32(30)31)21-35(33)28-16-14-22-5-1-2-6-25(22)19-28/h1-20H,21H2. The fourth-order valence-corrected chi connectivity index (χ4v) is 5.36. The number of anilines is 1. The summed E-state index contributed by atoms with van der Waals surface area (Å²) in [5.41, 5.74) is 7.36. The van der Waals surface area contributed by atoms with Crippen molar-refractivity contribution < 1.29 is 4.79 Å². The van der Waals surface area contributed by atoms with E-state index in [9.17, 15) is 4.79 Å². The maximum Gasteiger partial charge on any atom is 0.259 e. The maximum absolute atomic E-state index is 13.7. The number of carbonyl (C=O) groups is 1. The number of pyridine rings is 1. The maximum atomic E-state index is 13.7. The number of hydrogen-bond donors (Lipinski definition) is 0. The first kappa shape index (κ1) is 20.6. The largest absolute Gasteiger partial charge is 0.304 e. The quantitative estimate of drug-likeness (QED) is 0.268. The van der Waals surface area contributed by atoms with Gasteiger partial charge in [-0.1, -0.05) is 84.9 Å². The number of amides is 1. The van der Waals surface area contributed by atoms with Crippen molar-refractivity contribution in [3.05, 3.63) is 133 Å². The first-order valence-corrected chi connectivity index (χ1v) is 12.1. The molecule has 36 heavy (non-hydrogen) atoms. The summed E-state index contributed by atoms with van der Waals surface area (Å²) < 4.78 is 0. The van der Waals surface area contributed by atoms with E-state index in [1.807, 2.05) is 47.5 Å². The zero-order chi connectivity index (χ0) is 24.1. The van der Waals surface area contributed by atoms with Gasteiger partial charge in [-0.15, -0.1) is 0 Å². The number of carbonyl (C=O) groups excluding carboxylic acids is 1. The van der Waals surface area contributed by atoms with Crippen molar-refractivity contribution in [2.24, 2.45) is 0 Å². The van der Waals surface area contributed by atoms with E-state index >= 15 is 0 Å². The highest BCUT2D eigenvalue weighted by Crippen LogP contribution is 2.38. The molecule has 0 saturated carbocycles. The molecule has 5 aromatic carbocycles. The Balaban J connectivity index is 1.30. The van der Waals surface area contributed by atoms with Gasteiger partial charge in [0.25, 0.3) is 5.91 Å². The van der Waals surface area contributed by atoms with Gasteiger partial charge in [0, 0.05) is 29.0 Å². The average molecular weight is 463 g/mol. The first-order valence-electron chi connectivity index (χ1n) is 12.1. The summed E-state index contributed by atoms with van der Waals surface area (Å²) in [5, 5.41) is 4.49. The molecule has 0 unspecified atom stereocenters. The minimum atomic E-state index is 0.0486. The Morgan fingerprint density at radius 1 is 0.639 bits per heavy atom. The Morgan fingerprint density at radius 3 is 2.31 bits per heavy atom. The van der Waals surface area contributed by atoms with Crippen molar-refractivity contribution in [2.45, 2.75) is 6.54 Å². The van der Waals surface area contributed by atoms with E-state index in [-0.39, 0.29) is 5.91 Å². The predicted octanol–water partition coefficient (Wildman–Crippen LogP) is 7.88. The lowest BCUT2D eigenvalue weighted by Crippen LogP contribution is -2.33. The fraction of sp³-hybridized carbons (Fsp3) is 0.0303. The van der Waals surface area contributed by atoms with Crippen molar-refractivity contribution in [1.82, 2.24) is 4.98 Å². The van der Waals surface area contributed by atoms with Gasteiger partial charge in [0.2, 0.25) is 0 Å². The number of aromatic nitrogens is 1. The number of nitrogens with zero attached hydrogens (tertiary/aromatic N) is 2. The Kier molecular flexibility index (Phi) is 4.68. The summed E-state index contributed by atoms with van der Waals surface area (Å²) >= 11 is 0. The topological polar surface area (TPSA) is 33.2 Å². The van der Waals surface area contributed by atoms with E-state index in [4.69, 9.17) is 0 Å². The van der Waals surface area contributed by atoms with Gasteiger partial charge in [0.15, 0.2) is 0 Å². The van der Waals surface area contributed by atoms with Crippen LogP contribution in [-0.4, -0.2) is 10.9 Å². The van der Waals surface area contributed by atoms with E-state index in [1.165, 1.54) is 10.9 Å². The van der Waals surface area contributed by atoms with Crippen LogP contribution in [0.3, 0.4) is 0 Å². The van der Waals surface area contributed by atoms with Gasteiger partial charge in [0.05, 0.1) is 6.54 Å². The van der Waals surface area contributed by atoms with Gasteiger partial charge in [-0.3, -0.25) is 9.78 Å². The van der Waals surface area contributed by atoms with Crippen molar-refractivity contribution >= 4 is 33.1 Å². The van der Waals surface area contributed by atoms with E-state index in [1.54, 1.807) is 6.20 Å². The van der Waals surface area contributed by atoms with E-state index in [2.05, 4.69) is 77.8 Å². The van der Waals surface area contributed by atoms with Crippen LogP contribution in [0.5, 0.6) is 0 Å². The monoisotopic (exact) mass is 462 g/mol. The Morgan fingerprint density at radius 2 is 1.47 bits per heavy atom. The normalized spacial score (nSPS) is 12.9. The molecular formula is C33H22N2O. The Labute approximate surface area is 209 Å². The zero-order valence-electron chi connectivity index (χ0n) is 19.6. The molecule has 1 aliphatic heterocycles. The lowest BCUT2D eigenvalue weighted by atomic mass is 9.89. The van der Waals surface area contributed by atoms with Crippen LogP contribution in [0.2, 0.25) is 0 Å². The SMILES string of the molecule is O=C1c2cccc3c(-c4ccc(-c5cccnc5)cc4)ccc(c23)CN1c1ccc2ccccc2c1. The van der Waals surface area contributed by atoms with Crippen LogP contribution in [0, 0.1) is 0 Å². The molecule has 0 aliphatic carbocycles. The van der Waals surface area contributed by atoms with Crippen molar-refractivity contribution in [3.63, 3.8) is 0 Å². The molecule has 0 bridgehead atoms. The number of fused-ring (bicyclic) bond motifs is 1. The molecule has 6 aromatic rings. The second kappa shape index (κ2) is 8.17. The van der Waals surface area contributed by atoms with Gasteiger partial charge in [-0.05, 0) is 68.2 Å². The van der Waals surface area contributed by atoms with Crippen LogP contribution in [0.4, 0.5) is 5.69 Å². The van der Waals surface area contributed by atoms with Crippen LogP contribution in [-0.2, 0) is 6.54 Å². The number of hydrogen-bond acceptors (Lipinski definition) is 2. The molecule has 3 nitrogen and oxygen atoms in total. The molecule has 2 heterocycles. The van der Waals surface area contributed by atoms with Gasteiger partial charge in [-0.2, -0.15) is 0 Å². The van der Waals surface area contributed by atoms with Crippen molar-refractivity contribution in [1.29, 1.82) is 0 Å². The fourth-order valence-electron chi connectivity index (χ4n) is 5.36. The molecule has 1 aliphatic rings. The highest BCUT2D eigenvalue weighted by atomic mass is 16.2. The minimum absolute atomic E-state index is 0.0486. The van der Waals surface area contributed by atoms with Gasteiger partial charge < -0.3 is 4.90 Å². The molecule has 3 heteroatoms. The third-order valence-corrected chi connectivity index (χ3v) is 7.17. The molecule has 1 amide bonds. The first-order chi connectivity index (χ1) is 17.8. The molecule has 1 aromatic heterocycles. The van der Waals surface area contributed by atoms with Crippen LogP contribution in [0.25, 0.3) is 43.8 Å². The van der Waals surface area contributed by atoms with Crippen LogP contribution in [0.1, 0.15) is 15.9 Å². The highest BCUT2D eigenvalue weighted by Gasteiger charge is 2.27. The lowest BCUT2D eigenvalue weighted by Gasteiger charge is -2.30. The molecular weight excluding hydrogens is 440 g/mol. The second-order valence-corrected chi connectivity index (χ2v) is 9.24. The average Bonchev–Trinajstić information content (AvgIpc) is 2.95. The van der Waals surface area contributed by atoms with Crippen molar-refractivity contribution in [3.8, 4) is 22.3 Å². The van der Waals surface area contributed by atoms with E-state index in [0.717, 1.165) is 49.7 Å². The van der Waals surface area contributed by atoms with Gasteiger partial charge >= 0.3 is 0 Å². The summed E-state index contributed by atoms with van der Waals surface area (Å²) in [6, 6.07) is 37.5. The summed E-state index contributed by atoms with van der Waals surface area (Å²) in [7, 11) is 0. The molecule has 0 atom stereocenters.